The van der Waals surface area contributed by atoms with Gasteiger partial charge in [0.2, 0.25) is 0 Å². The molecule has 0 aliphatic heterocycles. The van der Waals surface area contributed by atoms with Crippen LogP contribution in [0.25, 0.3) is 0 Å². The fourth-order valence-corrected chi connectivity index (χ4v) is 2.71. The Morgan fingerprint density at radius 2 is 1.71 bits per heavy atom. The number of halogens is 1. The molecule has 0 spiro atoms. The summed E-state index contributed by atoms with van der Waals surface area (Å²) in [6.07, 6.45) is 0.506. The third-order valence-corrected chi connectivity index (χ3v) is 3.74. The molecule has 0 radical (unpaired) electrons. The van der Waals surface area contributed by atoms with Crippen LogP contribution in [0.15, 0.2) is 48.5 Å². The molecule has 17 heavy (non-hydrogen) atoms. The van der Waals surface area contributed by atoms with E-state index in [9.17, 15) is 5.11 Å². The lowest BCUT2D eigenvalue weighted by atomic mass is 9.94. The van der Waals surface area contributed by atoms with Gasteiger partial charge in [0.1, 0.15) is 0 Å². The van der Waals surface area contributed by atoms with Crippen molar-refractivity contribution in [1.29, 1.82) is 0 Å². The Labute approximate surface area is 106 Å². The molecule has 2 atom stereocenters. The standard InChI is InChI=1S/C15H13ClO/c16-12-7-5-10(6-8-12)14-9-11-3-1-2-4-13(11)15(14)17/h1-8,14-15,17H,9H2/t14-,15-/m0/s1. The molecular formula is C15H13ClO. The van der Waals surface area contributed by atoms with E-state index >= 15 is 0 Å². The zero-order valence-corrected chi connectivity index (χ0v) is 10.1. The molecule has 0 aromatic heterocycles. The molecule has 2 aromatic carbocycles. The van der Waals surface area contributed by atoms with Crippen LogP contribution in [0.2, 0.25) is 5.02 Å². The van der Waals surface area contributed by atoms with Crippen LogP contribution >= 0.6 is 11.6 Å². The lowest BCUT2D eigenvalue weighted by Crippen LogP contribution is -2.04. The van der Waals surface area contributed by atoms with Gasteiger partial charge < -0.3 is 5.11 Å². The molecule has 0 saturated carbocycles. The Bertz CT molecular complexity index is 533. The second-order valence-electron chi connectivity index (χ2n) is 4.51. The minimum atomic E-state index is -0.396. The molecule has 1 aliphatic rings. The summed E-state index contributed by atoms with van der Waals surface area (Å²) in [5.74, 6) is 0.157. The van der Waals surface area contributed by atoms with Gasteiger partial charge in [0.15, 0.2) is 0 Å². The highest BCUT2D eigenvalue weighted by Crippen LogP contribution is 2.42. The normalized spacial score (nSPS) is 22.5. The molecule has 1 aliphatic carbocycles. The molecule has 0 fully saturated rings. The van der Waals surface area contributed by atoms with Crippen molar-refractivity contribution in [3.8, 4) is 0 Å². The van der Waals surface area contributed by atoms with Crippen LogP contribution < -0.4 is 0 Å². The Hall–Kier alpha value is -1.31. The van der Waals surface area contributed by atoms with E-state index in [1.54, 1.807) is 0 Å². The first-order chi connectivity index (χ1) is 8.25. The lowest BCUT2D eigenvalue weighted by molar-refractivity contribution is 0.158. The number of hydrogen-bond acceptors (Lipinski definition) is 1. The first-order valence-electron chi connectivity index (χ1n) is 5.77. The predicted molar refractivity (Wildman–Crippen MR) is 69.3 cm³/mol. The van der Waals surface area contributed by atoms with Gasteiger partial charge in [0.25, 0.3) is 0 Å². The molecule has 2 aromatic rings. The van der Waals surface area contributed by atoms with Gasteiger partial charge in [-0.05, 0) is 35.2 Å². The van der Waals surface area contributed by atoms with Crippen LogP contribution in [0.1, 0.15) is 28.7 Å². The summed E-state index contributed by atoms with van der Waals surface area (Å²) in [6, 6.07) is 15.9. The van der Waals surface area contributed by atoms with Gasteiger partial charge in [-0.25, -0.2) is 0 Å². The van der Waals surface area contributed by atoms with Gasteiger partial charge >= 0.3 is 0 Å². The fourth-order valence-electron chi connectivity index (χ4n) is 2.58. The molecule has 2 heteroatoms. The maximum Gasteiger partial charge on any atom is 0.0864 e. The number of benzene rings is 2. The molecule has 1 N–H and O–H groups in total. The minimum absolute atomic E-state index is 0.157. The lowest BCUT2D eigenvalue weighted by Gasteiger charge is -2.15. The number of rotatable bonds is 1. The first kappa shape index (κ1) is 10.8. The van der Waals surface area contributed by atoms with E-state index < -0.39 is 6.10 Å². The SMILES string of the molecule is O[C@H]1c2ccccc2C[C@H]1c1ccc(Cl)cc1. The molecule has 0 heterocycles. The highest BCUT2D eigenvalue weighted by atomic mass is 35.5. The third-order valence-electron chi connectivity index (χ3n) is 3.49. The Morgan fingerprint density at radius 3 is 2.41 bits per heavy atom. The zero-order chi connectivity index (χ0) is 11.8. The van der Waals surface area contributed by atoms with Crippen LogP contribution in [0.3, 0.4) is 0 Å². The van der Waals surface area contributed by atoms with Crippen molar-refractivity contribution in [1.82, 2.24) is 0 Å². The highest BCUT2D eigenvalue weighted by molar-refractivity contribution is 6.30. The van der Waals surface area contributed by atoms with Crippen molar-refractivity contribution in [3.05, 3.63) is 70.2 Å². The van der Waals surface area contributed by atoms with Crippen molar-refractivity contribution >= 4 is 11.6 Å². The molecule has 0 unspecified atom stereocenters. The third kappa shape index (κ3) is 1.86. The largest absolute Gasteiger partial charge is 0.388 e. The van der Waals surface area contributed by atoms with Gasteiger partial charge in [0, 0.05) is 10.9 Å². The van der Waals surface area contributed by atoms with Crippen LogP contribution in [-0.2, 0) is 6.42 Å². The van der Waals surface area contributed by atoms with Gasteiger partial charge in [-0.3, -0.25) is 0 Å². The second kappa shape index (κ2) is 4.17. The smallest absolute Gasteiger partial charge is 0.0864 e. The molecule has 1 nitrogen and oxygen atoms in total. The monoisotopic (exact) mass is 244 g/mol. The van der Waals surface area contributed by atoms with Gasteiger partial charge in [-0.2, -0.15) is 0 Å². The summed E-state index contributed by atoms with van der Waals surface area (Å²) in [7, 11) is 0. The number of fused-ring (bicyclic) bond motifs is 1. The van der Waals surface area contributed by atoms with Crippen LogP contribution in [-0.4, -0.2) is 5.11 Å². The first-order valence-corrected chi connectivity index (χ1v) is 6.15. The summed E-state index contributed by atoms with van der Waals surface area (Å²) in [5.41, 5.74) is 3.46. The zero-order valence-electron chi connectivity index (χ0n) is 9.31. The minimum Gasteiger partial charge on any atom is -0.388 e. The van der Waals surface area contributed by atoms with E-state index in [1.165, 1.54) is 5.56 Å². The quantitative estimate of drug-likeness (QED) is 0.811. The maximum absolute atomic E-state index is 10.3. The number of aliphatic hydroxyl groups excluding tert-OH is 1. The highest BCUT2D eigenvalue weighted by Gasteiger charge is 2.31. The van der Waals surface area contributed by atoms with Crippen LogP contribution in [0.5, 0.6) is 0 Å². The number of hydrogen-bond donors (Lipinski definition) is 1. The van der Waals surface area contributed by atoms with Crippen LogP contribution in [0, 0.1) is 0 Å². The van der Waals surface area contributed by atoms with Crippen molar-refractivity contribution in [2.75, 3.05) is 0 Å². The Kier molecular flexibility index (Phi) is 2.65. The van der Waals surface area contributed by atoms with E-state index in [1.807, 2.05) is 42.5 Å². The summed E-state index contributed by atoms with van der Waals surface area (Å²) < 4.78 is 0. The molecule has 0 bridgehead atoms. The van der Waals surface area contributed by atoms with E-state index in [0.717, 1.165) is 22.6 Å². The summed E-state index contributed by atoms with van der Waals surface area (Å²) >= 11 is 5.88. The van der Waals surface area contributed by atoms with E-state index in [2.05, 4.69) is 6.07 Å². The van der Waals surface area contributed by atoms with E-state index in [-0.39, 0.29) is 5.92 Å². The topological polar surface area (TPSA) is 20.2 Å². The van der Waals surface area contributed by atoms with Crippen molar-refractivity contribution in [3.63, 3.8) is 0 Å². The van der Waals surface area contributed by atoms with Gasteiger partial charge in [-0.1, -0.05) is 48.0 Å². The van der Waals surface area contributed by atoms with Crippen molar-refractivity contribution in [2.24, 2.45) is 0 Å². The second-order valence-corrected chi connectivity index (χ2v) is 4.94. The molecule has 86 valence electrons. The predicted octanol–water partition coefficient (Wildman–Crippen LogP) is 3.71. The maximum atomic E-state index is 10.3. The average molecular weight is 245 g/mol. The molecule has 0 amide bonds. The Morgan fingerprint density at radius 1 is 1.00 bits per heavy atom. The van der Waals surface area contributed by atoms with Crippen molar-refractivity contribution in [2.45, 2.75) is 18.4 Å². The van der Waals surface area contributed by atoms with Crippen LogP contribution in [0.4, 0.5) is 0 Å². The summed E-state index contributed by atoms with van der Waals surface area (Å²) in [4.78, 5) is 0. The molecule has 3 rings (SSSR count). The summed E-state index contributed by atoms with van der Waals surface area (Å²) in [5, 5.41) is 11.1. The van der Waals surface area contributed by atoms with E-state index in [0.29, 0.717) is 0 Å². The van der Waals surface area contributed by atoms with Crippen molar-refractivity contribution < 1.29 is 5.11 Å². The average Bonchev–Trinajstić information content (AvgIpc) is 2.69. The van der Waals surface area contributed by atoms with Gasteiger partial charge in [-0.15, -0.1) is 0 Å². The summed E-state index contributed by atoms with van der Waals surface area (Å²) in [6.45, 7) is 0. The molecule has 0 saturated heterocycles. The fraction of sp³-hybridized carbons (Fsp3) is 0.200. The number of aliphatic hydroxyl groups is 1. The van der Waals surface area contributed by atoms with E-state index in [4.69, 9.17) is 11.6 Å². The molecular weight excluding hydrogens is 232 g/mol. The van der Waals surface area contributed by atoms with Gasteiger partial charge in [0.05, 0.1) is 6.10 Å². The Balaban J connectivity index is 1.96.